The van der Waals surface area contributed by atoms with Crippen molar-refractivity contribution in [3.8, 4) is 0 Å². The molecule has 2 rings (SSSR count). The van der Waals surface area contributed by atoms with E-state index in [0.717, 1.165) is 23.5 Å². The fourth-order valence-electron chi connectivity index (χ4n) is 2.46. The topological polar surface area (TPSA) is 95.9 Å². The summed E-state index contributed by atoms with van der Waals surface area (Å²) in [6.07, 6.45) is 2.03. The Morgan fingerprint density at radius 1 is 1.29 bits per heavy atom. The molecular formula is C17H20N2O5. The standard InChI is InChI=1S/C17H20N2O5/c1-17(2)16(23)19(13-7-4-3-6-12(13)18-17)10-5-11-24-15(22)9-8-14(20)21/h3-4,6-9,18H,5,10-11H2,1-2H3,(H,20,21)/b9-8+. The van der Waals surface area contributed by atoms with E-state index in [0.29, 0.717) is 13.0 Å². The highest BCUT2D eigenvalue weighted by atomic mass is 16.5. The minimum atomic E-state index is -1.21. The van der Waals surface area contributed by atoms with Crippen molar-refractivity contribution in [1.82, 2.24) is 0 Å². The zero-order valence-corrected chi connectivity index (χ0v) is 13.6. The summed E-state index contributed by atoms with van der Waals surface area (Å²) in [6, 6.07) is 7.52. The molecule has 0 spiro atoms. The molecule has 0 fully saturated rings. The van der Waals surface area contributed by atoms with Crippen LogP contribution in [-0.4, -0.2) is 41.6 Å². The van der Waals surface area contributed by atoms with E-state index in [1.165, 1.54) is 0 Å². The fraction of sp³-hybridized carbons (Fsp3) is 0.353. The van der Waals surface area contributed by atoms with E-state index < -0.39 is 17.5 Å². The number of ether oxygens (including phenoxy) is 1. The van der Waals surface area contributed by atoms with Gasteiger partial charge in [-0.2, -0.15) is 0 Å². The maximum absolute atomic E-state index is 12.6. The number of amides is 1. The highest BCUT2D eigenvalue weighted by molar-refractivity contribution is 6.07. The number of benzene rings is 1. The number of carboxylic acid groups (broad SMARTS) is 1. The molecule has 1 aliphatic heterocycles. The Labute approximate surface area is 139 Å². The van der Waals surface area contributed by atoms with Gasteiger partial charge in [0.25, 0.3) is 5.91 Å². The summed E-state index contributed by atoms with van der Waals surface area (Å²) in [6.45, 7) is 4.13. The molecule has 128 valence electrons. The largest absolute Gasteiger partial charge is 0.478 e. The molecule has 2 N–H and O–H groups in total. The first kappa shape index (κ1) is 17.5. The molecule has 1 amide bonds. The first-order valence-corrected chi connectivity index (χ1v) is 7.58. The SMILES string of the molecule is CC1(C)Nc2ccccc2N(CCCOC(=O)/C=C/C(=O)O)C1=O. The van der Waals surface area contributed by atoms with E-state index in [2.05, 4.69) is 5.32 Å². The molecule has 7 nitrogen and oxygen atoms in total. The first-order chi connectivity index (χ1) is 11.3. The lowest BCUT2D eigenvalue weighted by molar-refractivity contribution is -0.138. The van der Waals surface area contributed by atoms with E-state index in [9.17, 15) is 14.4 Å². The maximum atomic E-state index is 12.6. The molecule has 0 saturated carbocycles. The Bertz CT molecular complexity index is 681. The third-order valence-corrected chi connectivity index (χ3v) is 3.55. The van der Waals surface area contributed by atoms with Crippen molar-refractivity contribution in [2.75, 3.05) is 23.4 Å². The zero-order valence-electron chi connectivity index (χ0n) is 13.6. The van der Waals surface area contributed by atoms with Crippen LogP contribution in [0.3, 0.4) is 0 Å². The van der Waals surface area contributed by atoms with Crippen LogP contribution in [0.5, 0.6) is 0 Å². The number of anilines is 2. The van der Waals surface area contributed by atoms with Crippen LogP contribution in [0.15, 0.2) is 36.4 Å². The lowest BCUT2D eigenvalue weighted by Crippen LogP contribution is -2.54. The minimum absolute atomic E-state index is 0.0571. The number of fused-ring (bicyclic) bond motifs is 1. The number of aliphatic carboxylic acids is 1. The van der Waals surface area contributed by atoms with Crippen LogP contribution < -0.4 is 10.2 Å². The molecule has 1 aliphatic rings. The Morgan fingerprint density at radius 2 is 2.00 bits per heavy atom. The molecule has 7 heteroatoms. The number of esters is 1. The summed E-state index contributed by atoms with van der Waals surface area (Å²) in [5.74, 6) is -1.99. The van der Waals surface area contributed by atoms with Crippen molar-refractivity contribution in [3.05, 3.63) is 36.4 Å². The quantitative estimate of drug-likeness (QED) is 0.468. The zero-order chi connectivity index (χ0) is 17.7. The normalized spacial score (nSPS) is 15.8. The van der Waals surface area contributed by atoms with Gasteiger partial charge in [0.1, 0.15) is 5.54 Å². The average molecular weight is 332 g/mol. The second-order valence-corrected chi connectivity index (χ2v) is 5.92. The highest BCUT2D eigenvalue weighted by Gasteiger charge is 2.37. The Balaban J connectivity index is 1.95. The van der Waals surface area contributed by atoms with E-state index in [1.54, 1.807) is 4.90 Å². The number of hydrogen-bond donors (Lipinski definition) is 2. The van der Waals surface area contributed by atoms with Gasteiger partial charge >= 0.3 is 11.9 Å². The molecule has 0 bridgehead atoms. The fourth-order valence-corrected chi connectivity index (χ4v) is 2.46. The van der Waals surface area contributed by atoms with Gasteiger partial charge < -0.3 is 20.1 Å². The van der Waals surface area contributed by atoms with E-state index in [4.69, 9.17) is 9.84 Å². The summed E-state index contributed by atoms with van der Waals surface area (Å²) in [5.41, 5.74) is 0.956. The van der Waals surface area contributed by atoms with Gasteiger partial charge in [0.15, 0.2) is 0 Å². The average Bonchev–Trinajstić information content (AvgIpc) is 2.52. The van der Waals surface area contributed by atoms with Gasteiger partial charge in [0, 0.05) is 18.7 Å². The van der Waals surface area contributed by atoms with E-state index >= 15 is 0 Å². The van der Waals surface area contributed by atoms with Crippen LogP contribution in [0.25, 0.3) is 0 Å². The van der Waals surface area contributed by atoms with Gasteiger partial charge in [0.05, 0.1) is 18.0 Å². The lowest BCUT2D eigenvalue weighted by Gasteiger charge is -2.39. The molecule has 0 aliphatic carbocycles. The number of hydrogen-bond acceptors (Lipinski definition) is 5. The summed E-state index contributed by atoms with van der Waals surface area (Å²) < 4.78 is 4.92. The van der Waals surface area contributed by atoms with Crippen LogP contribution in [0.2, 0.25) is 0 Å². The molecule has 0 atom stereocenters. The van der Waals surface area contributed by atoms with E-state index in [1.807, 2.05) is 38.1 Å². The van der Waals surface area contributed by atoms with Gasteiger partial charge in [-0.15, -0.1) is 0 Å². The number of nitrogens with zero attached hydrogens (tertiary/aromatic N) is 1. The van der Waals surface area contributed by atoms with Crippen LogP contribution in [0, 0.1) is 0 Å². The van der Waals surface area contributed by atoms with Gasteiger partial charge in [-0.05, 0) is 32.4 Å². The second kappa shape index (κ2) is 7.16. The minimum Gasteiger partial charge on any atom is -0.478 e. The number of nitrogens with one attached hydrogen (secondary N) is 1. The summed E-state index contributed by atoms with van der Waals surface area (Å²) in [7, 11) is 0. The molecule has 1 heterocycles. The van der Waals surface area contributed by atoms with E-state index in [-0.39, 0.29) is 12.5 Å². The lowest BCUT2D eigenvalue weighted by atomic mass is 9.98. The van der Waals surface area contributed by atoms with Crippen molar-refractivity contribution < 1.29 is 24.2 Å². The molecule has 0 unspecified atom stereocenters. The van der Waals surface area contributed by atoms with Crippen molar-refractivity contribution in [2.24, 2.45) is 0 Å². The Morgan fingerprint density at radius 3 is 2.71 bits per heavy atom. The predicted molar refractivity (Wildman–Crippen MR) is 88.8 cm³/mol. The second-order valence-electron chi connectivity index (χ2n) is 5.92. The smallest absolute Gasteiger partial charge is 0.331 e. The summed E-state index contributed by atoms with van der Waals surface area (Å²) in [5, 5.41) is 11.6. The number of para-hydroxylation sites is 2. The highest BCUT2D eigenvalue weighted by Crippen LogP contribution is 2.34. The maximum Gasteiger partial charge on any atom is 0.331 e. The molecule has 1 aromatic rings. The molecule has 1 aromatic carbocycles. The van der Waals surface area contributed by atoms with Crippen LogP contribution in [0.1, 0.15) is 20.3 Å². The third kappa shape index (κ3) is 4.13. The number of rotatable bonds is 6. The Hall–Kier alpha value is -2.83. The predicted octanol–water partition coefficient (Wildman–Crippen LogP) is 1.80. The monoisotopic (exact) mass is 332 g/mol. The number of carbonyl (C=O) groups is 3. The Kier molecular flexibility index (Phi) is 5.23. The number of carbonyl (C=O) groups excluding carboxylic acids is 2. The third-order valence-electron chi connectivity index (χ3n) is 3.55. The molecule has 24 heavy (non-hydrogen) atoms. The molecule has 0 radical (unpaired) electrons. The summed E-state index contributed by atoms with van der Waals surface area (Å²) in [4.78, 5) is 35.9. The van der Waals surface area contributed by atoms with Crippen LogP contribution >= 0.6 is 0 Å². The molecule has 0 aromatic heterocycles. The van der Waals surface area contributed by atoms with Crippen LogP contribution in [0.4, 0.5) is 11.4 Å². The van der Waals surface area contributed by atoms with Gasteiger partial charge in [0.2, 0.25) is 0 Å². The van der Waals surface area contributed by atoms with Crippen molar-refractivity contribution in [2.45, 2.75) is 25.8 Å². The molecular weight excluding hydrogens is 312 g/mol. The van der Waals surface area contributed by atoms with Crippen molar-refractivity contribution in [3.63, 3.8) is 0 Å². The summed E-state index contributed by atoms with van der Waals surface area (Å²) >= 11 is 0. The first-order valence-electron chi connectivity index (χ1n) is 7.58. The van der Waals surface area contributed by atoms with Crippen molar-refractivity contribution in [1.29, 1.82) is 0 Å². The molecule has 0 saturated heterocycles. The van der Waals surface area contributed by atoms with Gasteiger partial charge in [-0.3, -0.25) is 4.79 Å². The number of carboxylic acids is 1. The van der Waals surface area contributed by atoms with Gasteiger partial charge in [-0.25, -0.2) is 9.59 Å². The van der Waals surface area contributed by atoms with Crippen LogP contribution in [-0.2, 0) is 19.1 Å². The van der Waals surface area contributed by atoms with Gasteiger partial charge in [-0.1, -0.05) is 12.1 Å². The van der Waals surface area contributed by atoms with Crippen molar-refractivity contribution >= 4 is 29.2 Å².